The van der Waals surface area contributed by atoms with Gasteiger partial charge in [0.05, 0.1) is 11.3 Å². The Balaban J connectivity index is 2.42. The highest BCUT2D eigenvalue weighted by Crippen LogP contribution is 2.12. The Bertz CT molecular complexity index is 424. The Morgan fingerprint density at radius 2 is 2.16 bits per heavy atom. The van der Waals surface area contributed by atoms with Crippen LogP contribution in [0, 0.1) is 5.82 Å². The largest absolute Gasteiger partial charge is 0.388 e. The first kappa shape index (κ1) is 15.4. The van der Waals surface area contributed by atoms with Crippen LogP contribution in [0.2, 0.25) is 0 Å². The lowest BCUT2D eigenvalue weighted by atomic mass is 10.0. The Hall–Kier alpha value is -1.66. The third kappa shape index (κ3) is 5.67. The quantitative estimate of drug-likeness (QED) is 0.737. The summed E-state index contributed by atoms with van der Waals surface area (Å²) in [7, 11) is 1.54. The summed E-state index contributed by atoms with van der Waals surface area (Å²) in [5.41, 5.74) is -0.973. The van der Waals surface area contributed by atoms with Crippen molar-refractivity contribution in [1.82, 2.24) is 5.32 Å². The van der Waals surface area contributed by atoms with Crippen molar-refractivity contribution in [3.05, 3.63) is 30.1 Å². The smallest absolute Gasteiger partial charge is 0.319 e. The van der Waals surface area contributed by atoms with Gasteiger partial charge in [-0.25, -0.2) is 9.18 Å². The number of aliphatic hydroxyl groups is 1. The third-order valence-electron chi connectivity index (χ3n) is 2.60. The molecule has 0 aliphatic heterocycles. The van der Waals surface area contributed by atoms with E-state index in [0.717, 1.165) is 0 Å². The molecule has 0 radical (unpaired) electrons. The lowest BCUT2D eigenvalue weighted by molar-refractivity contribution is 0.0273. The lowest BCUT2D eigenvalue weighted by Gasteiger charge is -2.23. The zero-order valence-corrected chi connectivity index (χ0v) is 11.1. The Morgan fingerprint density at radius 3 is 2.79 bits per heavy atom. The van der Waals surface area contributed by atoms with Crippen LogP contribution in [0.4, 0.5) is 14.9 Å². The zero-order chi connectivity index (χ0) is 14.3. The maximum Gasteiger partial charge on any atom is 0.319 e. The van der Waals surface area contributed by atoms with Crippen molar-refractivity contribution >= 4 is 11.7 Å². The van der Waals surface area contributed by atoms with Crippen LogP contribution < -0.4 is 10.6 Å². The predicted molar refractivity (Wildman–Crippen MR) is 70.5 cm³/mol. The second kappa shape index (κ2) is 7.06. The number of rotatable bonds is 6. The fraction of sp³-hybridized carbons (Fsp3) is 0.462. The maximum atomic E-state index is 13.3. The van der Waals surface area contributed by atoms with Crippen molar-refractivity contribution in [3.63, 3.8) is 0 Å². The average Bonchev–Trinajstić information content (AvgIpc) is 2.37. The van der Waals surface area contributed by atoms with Gasteiger partial charge in [0.25, 0.3) is 0 Å². The van der Waals surface area contributed by atoms with Gasteiger partial charge in [-0.3, -0.25) is 0 Å². The number of para-hydroxylation sites is 1. The van der Waals surface area contributed by atoms with Crippen molar-refractivity contribution in [3.8, 4) is 0 Å². The SMILES string of the molecule is COCC[C@@](C)(O)CNC(=O)Nc1ccccc1F. The van der Waals surface area contributed by atoms with E-state index in [1.165, 1.54) is 25.3 Å². The molecular weight excluding hydrogens is 251 g/mol. The molecule has 1 atom stereocenters. The molecule has 0 fully saturated rings. The summed E-state index contributed by atoms with van der Waals surface area (Å²) in [4.78, 5) is 11.6. The van der Waals surface area contributed by atoms with Crippen molar-refractivity contribution in [2.24, 2.45) is 0 Å². The van der Waals surface area contributed by atoms with Gasteiger partial charge in [-0.15, -0.1) is 0 Å². The minimum atomic E-state index is -1.07. The number of nitrogens with one attached hydrogen (secondary N) is 2. The van der Waals surface area contributed by atoms with E-state index in [9.17, 15) is 14.3 Å². The second-order valence-corrected chi connectivity index (χ2v) is 4.53. The molecule has 1 rings (SSSR count). The van der Waals surface area contributed by atoms with Crippen molar-refractivity contribution in [1.29, 1.82) is 0 Å². The summed E-state index contributed by atoms with van der Waals surface area (Å²) in [5.74, 6) is -0.510. The molecule has 5 nitrogen and oxygen atoms in total. The van der Waals surface area contributed by atoms with Crippen LogP contribution in [0.5, 0.6) is 0 Å². The highest BCUT2D eigenvalue weighted by atomic mass is 19.1. The molecule has 0 bridgehead atoms. The van der Waals surface area contributed by atoms with E-state index in [1.807, 2.05) is 0 Å². The average molecular weight is 270 g/mol. The van der Waals surface area contributed by atoms with E-state index in [4.69, 9.17) is 4.74 Å². The number of hydrogen-bond acceptors (Lipinski definition) is 3. The molecule has 0 aliphatic carbocycles. The van der Waals surface area contributed by atoms with Crippen LogP contribution in [0.25, 0.3) is 0 Å². The highest BCUT2D eigenvalue weighted by Gasteiger charge is 2.20. The summed E-state index contributed by atoms with van der Waals surface area (Å²) < 4.78 is 18.1. The topological polar surface area (TPSA) is 70.6 Å². The first-order valence-corrected chi connectivity index (χ1v) is 5.95. The van der Waals surface area contributed by atoms with Gasteiger partial charge in [-0.1, -0.05) is 12.1 Å². The highest BCUT2D eigenvalue weighted by molar-refractivity contribution is 5.89. The fourth-order valence-corrected chi connectivity index (χ4v) is 1.41. The first-order chi connectivity index (χ1) is 8.94. The predicted octanol–water partition coefficient (Wildman–Crippen LogP) is 1.73. The van der Waals surface area contributed by atoms with Gasteiger partial charge < -0.3 is 20.5 Å². The van der Waals surface area contributed by atoms with Gasteiger partial charge in [-0.05, 0) is 19.1 Å². The van der Waals surface area contributed by atoms with Crippen LogP contribution in [-0.4, -0.2) is 37.0 Å². The van der Waals surface area contributed by atoms with Gasteiger partial charge in [0, 0.05) is 26.7 Å². The van der Waals surface area contributed by atoms with Crippen LogP contribution >= 0.6 is 0 Å². The number of methoxy groups -OCH3 is 1. The van der Waals surface area contributed by atoms with Crippen LogP contribution in [0.1, 0.15) is 13.3 Å². The van der Waals surface area contributed by atoms with Crippen molar-refractivity contribution in [2.45, 2.75) is 18.9 Å². The molecule has 0 saturated heterocycles. The third-order valence-corrected chi connectivity index (χ3v) is 2.60. The van der Waals surface area contributed by atoms with E-state index >= 15 is 0 Å². The lowest BCUT2D eigenvalue weighted by Crippen LogP contribution is -2.43. The van der Waals surface area contributed by atoms with Gasteiger partial charge in [0.2, 0.25) is 0 Å². The number of benzene rings is 1. The van der Waals surface area contributed by atoms with E-state index in [1.54, 1.807) is 13.0 Å². The molecule has 106 valence electrons. The number of ether oxygens (including phenoxy) is 1. The summed E-state index contributed by atoms with van der Waals surface area (Å²) in [6.45, 7) is 2.04. The van der Waals surface area contributed by atoms with Gasteiger partial charge in [-0.2, -0.15) is 0 Å². The van der Waals surface area contributed by atoms with Crippen LogP contribution in [0.15, 0.2) is 24.3 Å². The molecule has 0 unspecified atom stereocenters. The molecule has 0 spiro atoms. The Labute approximate surface area is 111 Å². The number of hydrogen-bond donors (Lipinski definition) is 3. The van der Waals surface area contributed by atoms with Crippen molar-refractivity contribution in [2.75, 3.05) is 25.6 Å². The molecule has 0 aromatic heterocycles. The Morgan fingerprint density at radius 1 is 1.47 bits per heavy atom. The molecule has 1 aromatic rings. The van der Waals surface area contributed by atoms with E-state index in [2.05, 4.69) is 10.6 Å². The van der Waals surface area contributed by atoms with Crippen LogP contribution in [0.3, 0.4) is 0 Å². The fourth-order valence-electron chi connectivity index (χ4n) is 1.41. The molecule has 2 amide bonds. The number of carbonyl (C=O) groups is 1. The van der Waals surface area contributed by atoms with E-state index < -0.39 is 17.4 Å². The summed E-state index contributed by atoms with van der Waals surface area (Å²) in [6.07, 6.45) is 0.392. The molecular formula is C13H19FN2O3. The standard InChI is InChI=1S/C13H19FN2O3/c1-13(18,7-8-19-2)9-15-12(17)16-11-6-4-3-5-10(11)14/h3-6,18H,7-9H2,1-2H3,(H2,15,16,17)/t13-/m1/s1. The Kier molecular flexibility index (Phi) is 5.72. The van der Waals surface area contributed by atoms with Gasteiger partial charge in [0.15, 0.2) is 0 Å². The first-order valence-electron chi connectivity index (χ1n) is 5.95. The normalized spacial score (nSPS) is 13.7. The molecule has 19 heavy (non-hydrogen) atoms. The molecule has 0 saturated carbocycles. The van der Waals surface area contributed by atoms with Gasteiger partial charge >= 0.3 is 6.03 Å². The van der Waals surface area contributed by atoms with Gasteiger partial charge in [0.1, 0.15) is 5.82 Å². The molecule has 3 N–H and O–H groups in total. The monoisotopic (exact) mass is 270 g/mol. The number of carbonyl (C=O) groups excluding carboxylic acids is 1. The summed E-state index contributed by atoms with van der Waals surface area (Å²) in [6, 6.07) is 5.30. The zero-order valence-electron chi connectivity index (χ0n) is 11.1. The van der Waals surface area contributed by atoms with E-state index in [0.29, 0.717) is 13.0 Å². The van der Waals surface area contributed by atoms with Crippen LogP contribution in [-0.2, 0) is 4.74 Å². The summed E-state index contributed by atoms with van der Waals surface area (Å²) >= 11 is 0. The van der Waals surface area contributed by atoms with Crippen molar-refractivity contribution < 1.29 is 19.0 Å². The molecule has 0 aliphatic rings. The molecule has 0 heterocycles. The number of urea groups is 1. The number of halogens is 1. The number of amides is 2. The van der Waals surface area contributed by atoms with E-state index in [-0.39, 0.29) is 12.2 Å². The molecule has 1 aromatic carbocycles. The maximum absolute atomic E-state index is 13.3. The molecule has 6 heteroatoms. The minimum absolute atomic E-state index is 0.0522. The number of anilines is 1. The second-order valence-electron chi connectivity index (χ2n) is 4.53. The minimum Gasteiger partial charge on any atom is -0.388 e. The summed E-state index contributed by atoms with van der Waals surface area (Å²) in [5, 5.41) is 14.8.